The molecule has 0 bridgehead atoms. The summed E-state index contributed by atoms with van der Waals surface area (Å²) in [6.45, 7) is 10.7. The molecule has 0 amide bonds. The summed E-state index contributed by atoms with van der Waals surface area (Å²) in [6.07, 6.45) is 3.30. The van der Waals surface area contributed by atoms with Crippen LogP contribution in [0.4, 0.5) is 0 Å². The Labute approximate surface area is 116 Å². The lowest BCUT2D eigenvalue weighted by molar-refractivity contribution is 0.569. The van der Waals surface area contributed by atoms with Gasteiger partial charge in [0.1, 0.15) is 0 Å². The monoisotopic (exact) mass is 265 g/mol. The highest BCUT2D eigenvalue weighted by Crippen LogP contribution is 2.19. The highest BCUT2D eigenvalue weighted by Gasteiger charge is 1.99. The minimum absolute atomic E-state index is 0.692. The van der Waals surface area contributed by atoms with Crippen LogP contribution in [0.3, 0.4) is 0 Å². The van der Waals surface area contributed by atoms with Crippen molar-refractivity contribution in [2.45, 2.75) is 34.1 Å². The summed E-state index contributed by atoms with van der Waals surface area (Å²) < 4.78 is 0. The predicted molar refractivity (Wildman–Crippen MR) is 82.2 cm³/mol. The second kappa shape index (κ2) is 7.60. The van der Waals surface area contributed by atoms with Gasteiger partial charge in [-0.1, -0.05) is 56.2 Å². The minimum atomic E-state index is 0.692. The zero-order chi connectivity index (χ0) is 13.5. The van der Waals surface area contributed by atoms with Gasteiger partial charge in [-0.2, -0.15) is 0 Å². The summed E-state index contributed by atoms with van der Waals surface area (Å²) in [7, 11) is 0. The summed E-state index contributed by atoms with van der Waals surface area (Å²) in [5.41, 5.74) is 3.73. The van der Waals surface area contributed by atoms with E-state index in [9.17, 15) is 0 Å². The van der Waals surface area contributed by atoms with Crippen molar-refractivity contribution in [1.82, 2.24) is 5.32 Å². The number of halogens is 1. The van der Waals surface area contributed by atoms with E-state index in [2.05, 4.69) is 44.3 Å². The van der Waals surface area contributed by atoms with Gasteiger partial charge in [0.2, 0.25) is 0 Å². The van der Waals surface area contributed by atoms with Gasteiger partial charge in [0, 0.05) is 11.6 Å². The predicted octanol–water partition coefficient (Wildman–Crippen LogP) is 4.69. The summed E-state index contributed by atoms with van der Waals surface area (Å²) >= 11 is 6.14. The van der Waals surface area contributed by atoms with Crippen LogP contribution in [0.15, 0.2) is 23.8 Å². The van der Waals surface area contributed by atoms with Gasteiger partial charge in [0.25, 0.3) is 0 Å². The fourth-order valence-electron chi connectivity index (χ4n) is 1.73. The Kier molecular flexibility index (Phi) is 6.45. The van der Waals surface area contributed by atoms with E-state index in [-0.39, 0.29) is 0 Å². The van der Waals surface area contributed by atoms with Crippen molar-refractivity contribution >= 4 is 17.7 Å². The summed E-state index contributed by atoms with van der Waals surface area (Å²) in [6, 6.07) is 6.23. The van der Waals surface area contributed by atoms with Crippen LogP contribution >= 0.6 is 11.6 Å². The fraction of sp³-hybridized carbons (Fsp3) is 0.500. The van der Waals surface area contributed by atoms with Crippen molar-refractivity contribution < 1.29 is 0 Å². The van der Waals surface area contributed by atoms with Gasteiger partial charge in [0.05, 0.1) is 0 Å². The Bertz CT molecular complexity index is 408. The van der Waals surface area contributed by atoms with Crippen LogP contribution in [0, 0.1) is 12.8 Å². The molecule has 2 heteroatoms. The number of nitrogens with one attached hydrogen (secondary N) is 1. The van der Waals surface area contributed by atoms with E-state index in [1.165, 1.54) is 11.1 Å². The molecule has 0 unspecified atom stereocenters. The van der Waals surface area contributed by atoms with Gasteiger partial charge in [0.15, 0.2) is 0 Å². The maximum atomic E-state index is 6.14. The maximum absolute atomic E-state index is 6.14. The number of aryl methyl sites for hydroxylation is 1. The molecule has 1 aromatic carbocycles. The molecule has 0 saturated heterocycles. The molecule has 0 radical (unpaired) electrons. The summed E-state index contributed by atoms with van der Waals surface area (Å²) in [5.74, 6) is 0.692. The Morgan fingerprint density at radius 1 is 1.39 bits per heavy atom. The molecule has 0 heterocycles. The van der Waals surface area contributed by atoms with Gasteiger partial charge < -0.3 is 5.32 Å². The number of hydrogen-bond donors (Lipinski definition) is 1. The molecule has 0 saturated carbocycles. The Balaban J connectivity index is 2.68. The first-order valence-corrected chi connectivity index (χ1v) is 7.07. The molecule has 1 rings (SSSR count). The van der Waals surface area contributed by atoms with Gasteiger partial charge >= 0.3 is 0 Å². The third-order valence-electron chi connectivity index (χ3n) is 2.93. The van der Waals surface area contributed by atoms with E-state index >= 15 is 0 Å². The van der Waals surface area contributed by atoms with E-state index in [0.717, 1.165) is 30.1 Å². The lowest BCUT2D eigenvalue weighted by Gasteiger charge is -2.10. The molecular weight excluding hydrogens is 242 g/mol. The second-order valence-corrected chi connectivity index (χ2v) is 5.60. The van der Waals surface area contributed by atoms with E-state index in [0.29, 0.717) is 5.92 Å². The van der Waals surface area contributed by atoms with Crippen LogP contribution in [-0.2, 0) is 0 Å². The molecule has 0 spiro atoms. The quantitative estimate of drug-likeness (QED) is 0.787. The van der Waals surface area contributed by atoms with Crippen LogP contribution in [0.5, 0.6) is 0 Å². The van der Waals surface area contributed by atoms with Crippen molar-refractivity contribution in [3.05, 3.63) is 39.9 Å². The molecule has 0 aliphatic rings. The largest absolute Gasteiger partial charge is 0.313 e. The first kappa shape index (κ1) is 15.3. The van der Waals surface area contributed by atoms with Crippen molar-refractivity contribution in [3.8, 4) is 0 Å². The molecule has 0 aliphatic heterocycles. The smallest absolute Gasteiger partial charge is 0.0441 e. The molecule has 0 fully saturated rings. The summed E-state index contributed by atoms with van der Waals surface area (Å²) in [4.78, 5) is 0. The molecule has 0 aromatic heterocycles. The van der Waals surface area contributed by atoms with Gasteiger partial charge in [-0.3, -0.25) is 0 Å². The molecule has 1 nitrogen and oxygen atoms in total. The molecular formula is C16H24ClN. The maximum Gasteiger partial charge on any atom is 0.0441 e. The Hall–Kier alpha value is -0.790. The van der Waals surface area contributed by atoms with E-state index in [1.54, 1.807) is 0 Å². The van der Waals surface area contributed by atoms with Crippen molar-refractivity contribution in [2.24, 2.45) is 5.92 Å². The van der Waals surface area contributed by atoms with Crippen LogP contribution in [-0.4, -0.2) is 13.1 Å². The third-order valence-corrected chi connectivity index (χ3v) is 3.33. The molecule has 0 atom stereocenters. The average Bonchev–Trinajstić information content (AvgIpc) is 2.32. The minimum Gasteiger partial charge on any atom is -0.313 e. The van der Waals surface area contributed by atoms with Gasteiger partial charge in [-0.15, -0.1) is 0 Å². The molecule has 0 aliphatic carbocycles. The van der Waals surface area contributed by atoms with E-state index in [4.69, 9.17) is 11.6 Å². The van der Waals surface area contributed by atoms with E-state index in [1.807, 2.05) is 13.0 Å². The Morgan fingerprint density at radius 2 is 2.11 bits per heavy atom. The molecule has 1 aromatic rings. The number of rotatable bonds is 6. The Morgan fingerprint density at radius 3 is 2.67 bits per heavy atom. The fourth-order valence-corrected chi connectivity index (χ4v) is 1.92. The van der Waals surface area contributed by atoms with Crippen LogP contribution in [0.2, 0.25) is 5.02 Å². The SMILES string of the molecule is CC/C(=C/c1ccc(C)c(Cl)c1)CNCC(C)C. The number of benzene rings is 1. The highest BCUT2D eigenvalue weighted by molar-refractivity contribution is 6.31. The lowest BCUT2D eigenvalue weighted by atomic mass is 10.1. The van der Waals surface area contributed by atoms with Crippen molar-refractivity contribution in [2.75, 3.05) is 13.1 Å². The normalized spacial score (nSPS) is 12.2. The third kappa shape index (κ3) is 5.24. The van der Waals surface area contributed by atoms with E-state index < -0.39 is 0 Å². The standard InChI is InChI=1S/C16H24ClN/c1-5-14(11-18-10-12(2)3)8-15-7-6-13(4)16(17)9-15/h6-9,12,18H,5,10-11H2,1-4H3/b14-8-. The summed E-state index contributed by atoms with van der Waals surface area (Å²) in [5, 5.41) is 4.32. The van der Waals surface area contributed by atoms with Crippen molar-refractivity contribution in [1.29, 1.82) is 0 Å². The average molecular weight is 266 g/mol. The zero-order valence-corrected chi connectivity index (χ0v) is 12.6. The molecule has 1 N–H and O–H groups in total. The second-order valence-electron chi connectivity index (χ2n) is 5.19. The zero-order valence-electron chi connectivity index (χ0n) is 11.9. The van der Waals surface area contributed by atoms with Crippen molar-refractivity contribution in [3.63, 3.8) is 0 Å². The first-order chi connectivity index (χ1) is 8.52. The topological polar surface area (TPSA) is 12.0 Å². The van der Waals surface area contributed by atoms with Crippen LogP contribution < -0.4 is 5.32 Å². The van der Waals surface area contributed by atoms with Gasteiger partial charge in [-0.05, 0) is 43.0 Å². The molecule has 100 valence electrons. The van der Waals surface area contributed by atoms with Crippen LogP contribution in [0.25, 0.3) is 6.08 Å². The number of hydrogen-bond acceptors (Lipinski definition) is 1. The highest BCUT2D eigenvalue weighted by atomic mass is 35.5. The first-order valence-electron chi connectivity index (χ1n) is 6.69. The molecule has 18 heavy (non-hydrogen) atoms. The lowest BCUT2D eigenvalue weighted by Crippen LogP contribution is -2.21. The van der Waals surface area contributed by atoms with Crippen LogP contribution in [0.1, 0.15) is 38.3 Å². The van der Waals surface area contributed by atoms with Gasteiger partial charge in [-0.25, -0.2) is 0 Å².